The predicted molar refractivity (Wildman–Crippen MR) is 66.9 cm³/mol. The molecule has 17 heavy (non-hydrogen) atoms. The molecule has 3 nitrogen and oxygen atoms in total. The molecule has 0 unspecified atom stereocenters. The van der Waals surface area contributed by atoms with E-state index in [1.807, 2.05) is 12.3 Å². The number of hydrogen-bond donors (Lipinski definition) is 1. The molecule has 1 saturated heterocycles. The van der Waals surface area contributed by atoms with E-state index in [4.69, 9.17) is 4.74 Å². The topological polar surface area (TPSA) is 34.1 Å². The summed E-state index contributed by atoms with van der Waals surface area (Å²) in [5.74, 6) is 1.97. The maximum absolute atomic E-state index is 5.83. The van der Waals surface area contributed by atoms with Crippen LogP contribution in [0.4, 0.5) is 0 Å². The van der Waals surface area contributed by atoms with E-state index in [0.717, 1.165) is 32.2 Å². The van der Waals surface area contributed by atoms with Gasteiger partial charge in [-0.2, -0.15) is 0 Å². The number of aromatic nitrogens is 1. The molecule has 1 saturated carbocycles. The Hall–Kier alpha value is -0.930. The van der Waals surface area contributed by atoms with Crippen LogP contribution in [0.3, 0.4) is 0 Å². The van der Waals surface area contributed by atoms with Crippen molar-refractivity contribution in [3.63, 3.8) is 0 Å². The van der Waals surface area contributed by atoms with Crippen molar-refractivity contribution in [3.8, 4) is 0 Å². The lowest BCUT2D eigenvalue weighted by molar-refractivity contribution is 0.0916. The van der Waals surface area contributed by atoms with Gasteiger partial charge in [0, 0.05) is 43.4 Å². The van der Waals surface area contributed by atoms with Crippen molar-refractivity contribution in [2.45, 2.75) is 18.8 Å². The fourth-order valence-electron chi connectivity index (χ4n) is 2.52. The largest absolute Gasteiger partial charge is 0.381 e. The molecular formula is C14H20N2O. The summed E-state index contributed by atoms with van der Waals surface area (Å²) in [5.41, 5.74) is 1.21. The molecule has 0 bridgehead atoms. The summed E-state index contributed by atoms with van der Waals surface area (Å²) in [4.78, 5) is 4.47. The van der Waals surface area contributed by atoms with Crippen LogP contribution in [0.5, 0.6) is 0 Å². The number of ether oxygens (including phenoxy) is 1. The maximum atomic E-state index is 5.83. The average Bonchev–Trinajstić information content (AvgIpc) is 3.07. The molecule has 3 heteroatoms. The van der Waals surface area contributed by atoms with E-state index >= 15 is 0 Å². The molecule has 2 fully saturated rings. The average molecular weight is 232 g/mol. The molecule has 0 spiro atoms. The molecule has 2 atom stereocenters. The van der Waals surface area contributed by atoms with Crippen molar-refractivity contribution < 1.29 is 4.74 Å². The number of pyridine rings is 1. The van der Waals surface area contributed by atoms with Gasteiger partial charge in [-0.05, 0) is 30.9 Å². The van der Waals surface area contributed by atoms with Gasteiger partial charge in [0.05, 0.1) is 6.61 Å². The molecule has 2 aliphatic rings. The highest BCUT2D eigenvalue weighted by Gasteiger charge is 2.30. The van der Waals surface area contributed by atoms with Gasteiger partial charge in [-0.3, -0.25) is 4.98 Å². The van der Waals surface area contributed by atoms with Crippen molar-refractivity contribution in [3.05, 3.63) is 30.1 Å². The maximum Gasteiger partial charge on any atom is 0.0513 e. The minimum atomic E-state index is 0.524. The van der Waals surface area contributed by atoms with Crippen molar-refractivity contribution >= 4 is 0 Å². The van der Waals surface area contributed by atoms with Gasteiger partial charge in [-0.1, -0.05) is 6.07 Å². The van der Waals surface area contributed by atoms with Crippen LogP contribution >= 0.6 is 0 Å². The van der Waals surface area contributed by atoms with Crippen molar-refractivity contribution in [1.29, 1.82) is 0 Å². The Morgan fingerprint density at radius 2 is 2.18 bits per heavy atom. The van der Waals surface area contributed by atoms with E-state index in [1.165, 1.54) is 18.5 Å². The van der Waals surface area contributed by atoms with Crippen LogP contribution in [0.25, 0.3) is 0 Å². The minimum absolute atomic E-state index is 0.524. The Morgan fingerprint density at radius 3 is 2.94 bits per heavy atom. The van der Waals surface area contributed by atoms with Crippen molar-refractivity contribution in [2.75, 3.05) is 26.3 Å². The second-order valence-electron chi connectivity index (χ2n) is 5.26. The number of nitrogens with one attached hydrogen (secondary N) is 1. The van der Waals surface area contributed by atoms with E-state index < -0.39 is 0 Å². The first-order valence-corrected chi connectivity index (χ1v) is 6.63. The number of nitrogens with zero attached hydrogens (tertiary/aromatic N) is 1. The van der Waals surface area contributed by atoms with Crippen LogP contribution in [0.1, 0.15) is 24.5 Å². The normalized spacial score (nSPS) is 28.5. The fourth-order valence-corrected chi connectivity index (χ4v) is 2.52. The highest BCUT2D eigenvalue weighted by atomic mass is 16.5. The first kappa shape index (κ1) is 11.2. The summed E-state index contributed by atoms with van der Waals surface area (Å²) in [5, 5.41) is 3.45. The molecule has 1 aromatic heterocycles. The third kappa shape index (κ3) is 2.85. The van der Waals surface area contributed by atoms with Gasteiger partial charge in [0.1, 0.15) is 0 Å². The first-order valence-electron chi connectivity index (χ1n) is 6.63. The molecule has 0 amide bonds. The van der Waals surface area contributed by atoms with Gasteiger partial charge < -0.3 is 10.1 Å². The summed E-state index contributed by atoms with van der Waals surface area (Å²) in [6.07, 6.45) is 4.62. The van der Waals surface area contributed by atoms with E-state index in [2.05, 4.69) is 22.4 Å². The molecule has 1 aliphatic heterocycles. The van der Waals surface area contributed by atoms with E-state index in [-0.39, 0.29) is 0 Å². The van der Waals surface area contributed by atoms with Crippen LogP contribution in [-0.2, 0) is 4.74 Å². The monoisotopic (exact) mass is 232 g/mol. The van der Waals surface area contributed by atoms with E-state index in [9.17, 15) is 0 Å². The fraction of sp³-hybridized carbons (Fsp3) is 0.643. The van der Waals surface area contributed by atoms with Crippen LogP contribution in [-0.4, -0.2) is 31.3 Å². The standard InChI is InChI=1S/C14H20N2O/c1-2-6-16-14(3-1)13-8-15-7-12(13)10-17-9-11-4-5-11/h1-3,6,11-13,15H,4-5,7-10H2/t12-,13-/m1/s1. The molecule has 2 heterocycles. The Bertz CT molecular complexity index is 350. The van der Waals surface area contributed by atoms with Crippen LogP contribution < -0.4 is 5.32 Å². The lowest BCUT2D eigenvalue weighted by atomic mass is 9.93. The van der Waals surface area contributed by atoms with Gasteiger partial charge >= 0.3 is 0 Å². The Balaban J connectivity index is 1.55. The van der Waals surface area contributed by atoms with Gasteiger partial charge in [0.25, 0.3) is 0 Å². The van der Waals surface area contributed by atoms with E-state index in [1.54, 1.807) is 0 Å². The number of hydrogen-bond acceptors (Lipinski definition) is 3. The Morgan fingerprint density at radius 1 is 1.24 bits per heavy atom. The molecule has 3 rings (SSSR count). The predicted octanol–water partition coefficient (Wildman–Crippen LogP) is 1.81. The van der Waals surface area contributed by atoms with Crippen molar-refractivity contribution in [2.24, 2.45) is 11.8 Å². The summed E-state index contributed by atoms with van der Waals surface area (Å²) in [6, 6.07) is 6.18. The minimum Gasteiger partial charge on any atom is -0.381 e. The summed E-state index contributed by atoms with van der Waals surface area (Å²) in [7, 11) is 0. The second kappa shape index (κ2) is 5.15. The highest BCUT2D eigenvalue weighted by molar-refractivity contribution is 5.13. The zero-order valence-corrected chi connectivity index (χ0v) is 10.1. The van der Waals surface area contributed by atoms with E-state index in [0.29, 0.717) is 11.8 Å². The smallest absolute Gasteiger partial charge is 0.0513 e. The zero-order chi connectivity index (χ0) is 11.5. The lowest BCUT2D eigenvalue weighted by Gasteiger charge is -2.17. The zero-order valence-electron chi connectivity index (χ0n) is 10.1. The Labute approximate surface area is 103 Å². The second-order valence-corrected chi connectivity index (χ2v) is 5.26. The third-order valence-electron chi connectivity index (χ3n) is 3.79. The summed E-state index contributed by atoms with van der Waals surface area (Å²) in [6.45, 7) is 3.94. The van der Waals surface area contributed by atoms with Crippen molar-refractivity contribution in [1.82, 2.24) is 10.3 Å². The Kier molecular flexibility index (Phi) is 3.39. The van der Waals surface area contributed by atoms with Gasteiger partial charge in [0.2, 0.25) is 0 Å². The molecule has 1 N–H and O–H groups in total. The lowest BCUT2D eigenvalue weighted by Crippen LogP contribution is -2.19. The number of rotatable bonds is 5. The molecule has 92 valence electrons. The molecule has 0 aromatic carbocycles. The molecule has 0 radical (unpaired) electrons. The first-order chi connectivity index (χ1) is 8.43. The van der Waals surface area contributed by atoms with Crippen LogP contribution in [0.15, 0.2) is 24.4 Å². The molecule has 1 aromatic rings. The third-order valence-corrected chi connectivity index (χ3v) is 3.79. The molecular weight excluding hydrogens is 212 g/mol. The van der Waals surface area contributed by atoms with Gasteiger partial charge in [-0.25, -0.2) is 0 Å². The van der Waals surface area contributed by atoms with Gasteiger partial charge in [0.15, 0.2) is 0 Å². The van der Waals surface area contributed by atoms with Gasteiger partial charge in [-0.15, -0.1) is 0 Å². The highest BCUT2D eigenvalue weighted by Crippen LogP contribution is 2.30. The van der Waals surface area contributed by atoms with Crippen LogP contribution in [0, 0.1) is 11.8 Å². The SMILES string of the molecule is c1ccc([C@@H]2CNC[C@@H]2COCC2CC2)nc1. The van der Waals surface area contributed by atoms with Crippen LogP contribution in [0.2, 0.25) is 0 Å². The summed E-state index contributed by atoms with van der Waals surface area (Å²) >= 11 is 0. The summed E-state index contributed by atoms with van der Waals surface area (Å²) < 4.78 is 5.83. The molecule has 1 aliphatic carbocycles. The quantitative estimate of drug-likeness (QED) is 0.840.